The number of hydrogen-bond acceptors (Lipinski definition) is 7. The van der Waals surface area contributed by atoms with Crippen LogP contribution in [0.2, 0.25) is 0 Å². The lowest BCUT2D eigenvalue weighted by Gasteiger charge is -2.38. The summed E-state index contributed by atoms with van der Waals surface area (Å²) >= 11 is 1.45. The summed E-state index contributed by atoms with van der Waals surface area (Å²) in [7, 11) is 0. The third-order valence-corrected chi connectivity index (χ3v) is 4.23. The van der Waals surface area contributed by atoms with Gasteiger partial charge < -0.3 is 25.4 Å². The molecule has 6 nitrogen and oxygen atoms in total. The van der Waals surface area contributed by atoms with Gasteiger partial charge in [-0.15, -0.1) is 0 Å². The molecule has 2 aliphatic heterocycles. The summed E-state index contributed by atoms with van der Waals surface area (Å²) in [6.45, 7) is 2.79. The standard InChI is InChI=1S/C11H20N2O4S/c1-2-12-11-13-7-9(16)8(15)6(4-3-5-14)17-10(7)18-11/h6-10,14-16H,2-5H2,1H3,(H,12,13)/t6-,7-,8-,9-,10-/m1/s1. The SMILES string of the molecule is CCNC1=N[C@@H]2[C@@H](O)[C@H](O)[C@@H](CCCO)O[C@@H]2S1. The zero-order chi connectivity index (χ0) is 13.1. The van der Waals surface area contributed by atoms with Crippen molar-refractivity contribution in [3.05, 3.63) is 0 Å². The summed E-state index contributed by atoms with van der Waals surface area (Å²) in [6.07, 6.45) is -1.19. The van der Waals surface area contributed by atoms with Gasteiger partial charge in [0.2, 0.25) is 0 Å². The number of hydrogen-bond donors (Lipinski definition) is 4. The lowest BCUT2D eigenvalue weighted by atomic mass is 9.95. The predicted molar refractivity (Wildman–Crippen MR) is 69.5 cm³/mol. The number of ether oxygens (including phenoxy) is 1. The van der Waals surface area contributed by atoms with E-state index in [0.29, 0.717) is 12.8 Å². The molecule has 0 amide bonds. The molecule has 5 atom stereocenters. The molecule has 0 radical (unpaired) electrons. The van der Waals surface area contributed by atoms with Crippen LogP contribution in [-0.4, -0.2) is 63.4 Å². The van der Waals surface area contributed by atoms with Crippen molar-refractivity contribution >= 4 is 16.9 Å². The number of fused-ring (bicyclic) bond motifs is 1. The van der Waals surface area contributed by atoms with Gasteiger partial charge in [0.25, 0.3) is 0 Å². The number of nitrogens with zero attached hydrogens (tertiary/aromatic N) is 1. The molecule has 0 aromatic carbocycles. The number of rotatable bonds is 4. The lowest BCUT2D eigenvalue weighted by molar-refractivity contribution is -0.155. The molecule has 0 unspecified atom stereocenters. The van der Waals surface area contributed by atoms with Gasteiger partial charge in [0, 0.05) is 13.2 Å². The molecular formula is C11H20N2O4S. The number of nitrogens with one attached hydrogen (secondary N) is 1. The maximum atomic E-state index is 10.1. The minimum absolute atomic E-state index is 0.0586. The molecule has 2 rings (SSSR count). The smallest absolute Gasteiger partial charge is 0.159 e. The first-order valence-corrected chi connectivity index (χ1v) is 7.16. The van der Waals surface area contributed by atoms with Crippen LogP contribution in [0.5, 0.6) is 0 Å². The van der Waals surface area contributed by atoms with Crippen LogP contribution in [0.4, 0.5) is 0 Å². The Hall–Kier alpha value is -0.340. The van der Waals surface area contributed by atoms with Crippen LogP contribution in [0.3, 0.4) is 0 Å². The van der Waals surface area contributed by atoms with Crippen molar-refractivity contribution in [2.24, 2.45) is 4.99 Å². The van der Waals surface area contributed by atoms with Gasteiger partial charge in [-0.3, -0.25) is 4.99 Å². The van der Waals surface area contributed by atoms with E-state index in [1.807, 2.05) is 6.92 Å². The molecule has 0 spiro atoms. The normalized spacial score (nSPS) is 39.3. The molecule has 104 valence electrons. The van der Waals surface area contributed by atoms with Crippen LogP contribution in [-0.2, 0) is 4.74 Å². The molecule has 2 heterocycles. The van der Waals surface area contributed by atoms with Gasteiger partial charge in [0.15, 0.2) is 5.17 Å². The molecule has 0 aliphatic carbocycles. The Bertz CT molecular complexity index is 315. The molecule has 1 fully saturated rings. The second-order valence-corrected chi connectivity index (χ2v) is 5.55. The Morgan fingerprint density at radius 1 is 1.39 bits per heavy atom. The van der Waals surface area contributed by atoms with E-state index < -0.39 is 24.4 Å². The number of aliphatic hydroxyl groups is 3. The number of aliphatic imine (C=N–C) groups is 1. The fourth-order valence-electron chi connectivity index (χ4n) is 2.20. The summed E-state index contributed by atoms with van der Waals surface area (Å²) in [4.78, 5) is 4.33. The van der Waals surface area contributed by atoms with Crippen LogP contribution in [0.15, 0.2) is 4.99 Å². The minimum Gasteiger partial charge on any atom is -0.396 e. The lowest BCUT2D eigenvalue weighted by Crippen LogP contribution is -2.54. The van der Waals surface area contributed by atoms with Gasteiger partial charge in [-0.25, -0.2) is 0 Å². The first-order valence-electron chi connectivity index (χ1n) is 6.28. The van der Waals surface area contributed by atoms with Crippen molar-refractivity contribution in [3.8, 4) is 0 Å². The summed E-state index contributed by atoms with van der Waals surface area (Å²) in [5.41, 5.74) is -0.249. The highest BCUT2D eigenvalue weighted by atomic mass is 32.2. The fourth-order valence-corrected chi connectivity index (χ4v) is 3.39. The largest absolute Gasteiger partial charge is 0.396 e. The van der Waals surface area contributed by atoms with Crippen molar-refractivity contribution in [3.63, 3.8) is 0 Å². The van der Waals surface area contributed by atoms with E-state index in [9.17, 15) is 10.2 Å². The average molecular weight is 276 g/mol. The van der Waals surface area contributed by atoms with E-state index in [0.717, 1.165) is 11.7 Å². The molecule has 7 heteroatoms. The van der Waals surface area contributed by atoms with Crippen molar-refractivity contribution in [1.29, 1.82) is 0 Å². The molecule has 0 saturated carbocycles. The Balaban J connectivity index is 1.99. The quantitative estimate of drug-likeness (QED) is 0.542. The average Bonchev–Trinajstić information content (AvgIpc) is 2.75. The highest BCUT2D eigenvalue weighted by Crippen LogP contribution is 2.36. The first kappa shape index (κ1) is 14.1. The molecule has 0 bridgehead atoms. The van der Waals surface area contributed by atoms with Gasteiger partial charge in [0.05, 0.1) is 6.10 Å². The highest BCUT2D eigenvalue weighted by Gasteiger charge is 2.47. The van der Waals surface area contributed by atoms with Gasteiger partial charge in [-0.05, 0) is 19.8 Å². The fraction of sp³-hybridized carbons (Fsp3) is 0.909. The molecular weight excluding hydrogens is 256 g/mol. The third-order valence-electron chi connectivity index (χ3n) is 3.14. The van der Waals surface area contributed by atoms with E-state index in [1.54, 1.807) is 0 Å². The van der Waals surface area contributed by atoms with Gasteiger partial charge >= 0.3 is 0 Å². The van der Waals surface area contributed by atoms with Crippen LogP contribution >= 0.6 is 11.8 Å². The summed E-state index contributed by atoms with van der Waals surface area (Å²) in [5.74, 6) is 0. The number of amidine groups is 1. The molecule has 18 heavy (non-hydrogen) atoms. The van der Waals surface area contributed by atoms with Crippen LogP contribution < -0.4 is 5.32 Å². The maximum absolute atomic E-state index is 10.1. The molecule has 0 aromatic heterocycles. The van der Waals surface area contributed by atoms with Crippen molar-refractivity contribution in [1.82, 2.24) is 5.32 Å². The Labute approximate surface area is 110 Å². The Morgan fingerprint density at radius 3 is 2.83 bits per heavy atom. The van der Waals surface area contributed by atoms with E-state index >= 15 is 0 Å². The number of aliphatic hydroxyl groups excluding tert-OH is 3. The third kappa shape index (κ3) is 2.80. The summed E-state index contributed by atoms with van der Waals surface area (Å²) in [6, 6.07) is -0.413. The first-order chi connectivity index (χ1) is 8.67. The maximum Gasteiger partial charge on any atom is 0.159 e. The minimum atomic E-state index is -0.942. The molecule has 2 aliphatic rings. The molecule has 0 aromatic rings. The monoisotopic (exact) mass is 276 g/mol. The predicted octanol–water partition coefficient (Wildman–Crippen LogP) is -0.714. The van der Waals surface area contributed by atoms with Crippen molar-refractivity contribution in [2.45, 2.75) is 49.6 Å². The highest BCUT2D eigenvalue weighted by molar-refractivity contribution is 8.14. The van der Waals surface area contributed by atoms with Crippen LogP contribution in [0.1, 0.15) is 19.8 Å². The second kappa shape index (κ2) is 6.21. The Morgan fingerprint density at radius 2 is 2.17 bits per heavy atom. The molecule has 1 saturated heterocycles. The topological polar surface area (TPSA) is 94.3 Å². The van der Waals surface area contributed by atoms with E-state index in [1.165, 1.54) is 11.8 Å². The van der Waals surface area contributed by atoms with Gasteiger partial charge in [0.1, 0.15) is 23.7 Å². The molecule has 4 N–H and O–H groups in total. The number of thioether (sulfide) groups is 1. The van der Waals surface area contributed by atoms with E-state index in [2.05, 4.69) is 10.3 Å². The Kier molecular flexibility index (Phi) is 4.85. The van der Waals surface area contributed by atoms with Crippen molar-refractivity contribution < 1.29 is 20.1 Å². The van der Waals surface area contributed by atoms with E-state index in [4.69, 9.17) is 9.84 Å². The van der Waals surface area contributed by atoms with Gasteiger partial charge in [-0.2, -0.15) is 0 Å². The van der Waals surface area contributed by atoms with E-state index in [-0.39, 0.29) is 12.0 Å². The van der Waals surface area contributed by atoms with Crippen LogP contribution in [0, 0.1) is 0 Å². The van der Waals surface area contributed by atoms with Gasteiger partial charge in [-0.1, -0.05) is 11.8 Å². The van der Waals surface area contributed by atoms with Crippen molar-refractivity contribution in [2.75, 3.05) is 13.2 Å². The zero-order valence-corrected chi connectivity index (χ0v) is 11.1. The zero-order valence-electron chi connectivity index (χ0n) is 10.3. The summed E-state index contributed by atoms with van der Waals surface area (Å²) < 4.78 is 5.76. The van der Waals surface area contributed by atoms with Crippen LogP contribution in [0.25, 0.3) is 0 Å². The summed E-state index contributed by atoms with van der Waals surface area (Å²) in [5, 5.41) is 32.7. The second-order valence-electron chi connectivity index (χ2n) is 4.46.